The summed E-state index contributed by atoms with van der Waals surface area (Å²) in [5.74, 6) is 0.877. The first-order valence-electron chi connectivity index (χ1n) is 8.47. The molecule has 0 radical (unpaired) electrons. The van der Waals surface area contributed by atoms with E-state index in [0.29, 0.717) is 12.1 Å². The first kappa shape index (κ1) is 17.2. The number of rotatable bonds is 6. The maximum atomic E-state index is 11.6. The molecule has 2 aromatic carbocycles. The van der Waals surface area contributed by atoms with E-state index in [9.17, 15) is 4.79 Å². The normalized spacial score (nSPS) is 10.9. The number of hydrogen-bond acceptors (Lipinski definition) is 6. The van der Waals surface area contributed by atoms with Gasteiger partial charge in [0.1, 0.15) is 5.75 Å². The Balaban J connectivity index is 1.56. The van der Waals surface area contributed by atoms with E-state index in [1.54, 1.807) is 24.7 Å². The molecule has 0 unspecified atom stereocenters. The minimum atomic E-state index is 0.0396. The zero-order chi connectivity index (χ0) is 18.8. The van der Waals surface area contributed by atoms with E-state index in [0.717, 1.165) is 32.7 Å². The molecule has 0 amide bonds. The number of fused-ring (bicyclic) bond motifs is 1. The maximum Gasteiger partial charge on any atom is 0.214 e. The molecule has 0 aliphatic carbocycles. The smallest absolute Gasteiger partial charge is 0.214 e. The highest BCUT2D eigenvalue weighted by Gasteiger charge is 2.12. The minimum Gasteiger partial charge on any atom is -0.497 e. The maximum absolute atomic E-state index is 11.6. The fraction of sp³-hybridized carbons (Fsp3) is 0.150. The molecule has 4 rings (SSSR count). The minimum absolute atomic E-state index is 0.0396. The number of nitrogens with zero attached hydrogens (tertiary/aromatic N) is 3. The van der Waals surface area contributed by atoms with Crippen molar-refractivity contribution in [2.45, 2.75) is 13.5 Å². The summed E-state index contributed by atoms with van der Waals surface area (Å²) in [6.07, 6.45) is 1.78. The Labute approximate surface area is 160 Å². The van der Waals surface area contributed by atoms with Crippen molar-refractivity contribution >= 4 is 27.2 Å². The van der Waals surface area contributed by atoms with Crippen molar-refractivity contribution in [1.29, 1.82) is 0 Å². The van der Waals surface area contributed by atoms with Crippen LogP contribution < -0.4 is 10.1 Å². The van der Waals surface area contributed by atoms with E-state index in [1.165, 1.54) is 11.3 Å². The molecule has 0 atom stereocenters. The molecule has 4 aromatic rings. The van der Waals surface area contributed by atoms with Crippen molar-refractivity contribution in [2.75, 3.05) is 12.4 Å². The lowest BCUT2D eigenvalue weighted by atomic mass is 10.1. The van der Waals surface area contributed by atoms with E-state index >= 15 is 0 Å². The standard InChI is InChI=1S/C20H18N4O2S/c1-13(25)15-4-3-5-16(10-15)18-12-22-20-24(18)23-19(27-20)21-11-14-6-8-17(26-2)9-7-14/h3-10,12H,11H2,1-2H3,(H,21,23). The van der Waals surface area contributed by atoms with E-state index in [-0.39, 0.29) is 5.78 Å². The van der Waals surface area contributed by atoms with E-state index in [1.807, 2.05) is 48.5 Å². The molecular formula is C20H18N4O2S. The number of ketones is 1. The van der Waals surface area contributed by atoms with Crippen LogP contribution in [0.15, 0.2) is 54.7 Å². The lowest BCUT2D eigenvalue weighted by Crippen LogP contribution is -2.00. The molecule has 0 saturated heterocycles. The van der Waals surface area contributed by atoms with Crippen molar-refractivity contribution in [3.8, 4) is 17.0 Å². The Hall–Kier alpha value is -3.19. The largest absolute Gasteiger partial charge is 0.497 e. The summed E-state index contributed by atoms with van der Waals surface area (Å²) >= 11 is 1.49. The average Bonchev–Trinajstić information content (AvgIpc) is 3.27. The molecule has 0 spiro atoms. The molecule has 6 nitrogen and oxygen atoms in total. The van der Waals surface area contributed by atoms with Gasteiger partial charge in [-0.3, -0.25) is 4.79 Å². The first-order chi connectivity index (χ1) is 13.1. The highest BCUT2D eigenvalue weighted by molar-refractivity contribution is 7.20. The third-order valence-electron chi connectivity index (χ3n) is 4.25. The molecule has 27 heavy (non-hydrogen) atoms. The van der Waals surface area contributed by atoms with Gasteiger partial charge in [0.15, 0.2) is 5.78 Å². The number of aromatic nitrogens is 3. The Morgan fingerprint density at radius 1 is 1.22 bits per heavy atom. The number of ether oxygens (including phenoxy) is 1. The number of nitrogens with one attached hydrogen (secondary N) is 1. The second-order valence-electron chi connectivity index (χ2n) is 6.08. The number of carbonyl (C=O) groups excluding carboxylic acids is 1. The fourth-order valence-electron chi connectivity index (χ4n) is 2.78. The SMILES string of the molecule is COc1ccc(CNc2nn3c(-c4cccc(C(C)=O)c4)cnc3s2)cc1. The van der Waals surface area contributed by atoms with Crippen molar-refractivity contribution in [3.63, 3.8) is 0 Å². The molecule has 0 bridgehead atoms. The van der Waals surface area contributed by atoms with Crippen LogP contribution >= 0.6 is 11.3 Å². The van der Waals surface area contributed by atoms with Gasteiger partial charge in [-0.2, -0.15) is 0 Å². The van der Waals surface area contributed by atoms with Crippen LogP contribution in [0.1, 0.15) is 22.8 Å². The molecule has 0 aliphatic rings. The number of carbonyl (C=O) groups is 1. The number of hydrogen-bond donors (Lipinski definition) is 1. The molecule has 136 valence electrons. The molecule has 0 fully saturated rings. The van der Waals surface area contributed by atoms with Crippen LogP contribution in [-0.2, 0) is 6.54 Å². The predicted octanol–water partition coefficient (Wildman–Crippen LogP) is 4.28. The lowest BCUT2D eigenvalue weighted by molar-refractivity contribution is 0.101. The Kier molecular flexibility index (Phi) is 4.60. The molecule has 1 N–H and O–H groups in total. The van der Waals surface area contributed by atoms with Crippen LogP contribution in [0, 0.1) is 0 Å². The van der Waals surface area contributed by atoms with E-state index in [2.05, 4.69) is 15.4 Å². The van der Waals surface area contributed by atoms with Crippen molar-refractivity contribution in [3.05, 3.63) is 65.9 Å². The van der Waals surface area contributed by atoms with Crippen LogP contribution in [0.3, 0.4) is 0 Å². The average molecular weight is 378 g/mol. The summed E-state index contributed by atoms with van der Waals surface area (Å²) in [6.45, 7) is 2.23. The quantitative estimate of drug-likeness (QED) is 0.507. The van der Waals surface area contributed by atoms with Gasteiger partial charge in [0.2, 0.25) is 10.1 Å². The van der Waals surface area contributed by atoms with Gasteiger partial charge in [-0.15, -0.1) is 5.10 Å². The van der Waals surface area contributed by atoms with Crippen LogP contribution in [0.2, 0.25) is 0 Å². The topological polar surface area (TPSA) is 68.5 Å². The summed E-state index contributed by atoms with van der Waals surface area (Å²) in [4.78, 5) is 16.9. The summed E-state index contributed by atoms with van der Waals surface area (Å²) in [5.41, 5.74) is 3.60. The monoisotopic (exact) mass is 378 g/mol. The fourth-order valence-corrected chi connectivity index (χ4v) is 3.55. The first-order valence-corrected chi connectivity index (χ1v) is 9.28. The van der Waals surface area contributed by atoms with E-state index < -0.39 is 0 Å². The van der Waals surface area contributed by atoms with Gasteiger partial charge in [-0.1, -0.05) is 41.7 Å². The lowest BCUT2D eigenvalue weighted by Gasteiger charge is -2.04. The van der Waals surface area contributed by atoms with Gasteiger partial charge in [0.05, 0.1) is 19.0 Å². The Morgan fingerprint density at radius 2 is 2.04 bits per heavy atom. The van der Waals surface area contributed by atoms with Crippen LogP contribution in [0.4, 0.5) is 5.13 Å². The zero-order valence-corrected chi connectivity index (χ0v) is 15.8. The summed E-state index contributed by atoms with van der Waals surface area (Å²) in [6, 6.07) is 15.4. The summed E-state index contributed by atoms with van der Waals surface area (Å²) in [5, 5.41) is 8.75. The predicted molar refractivity (Wildman–Crippen MR) is 107 cm³/mol. The van der Waals surface area contributed by atoms with Gasteiger partial charge in [0.25, 0.3) is 0 Å². The van der Waals surface area contributed by atoms with Crippen LogP contribution in [0.5, 0.6) is 5.75 Å². The number of Topliss-reactive ketones (excluding diaryl/α,β-unsaturated/α-hetero) is 1. The van der Waals surface area contributed by atoms with Gasteiger partial charge >= 0.3 is 0 Å². The highest BCUT2D eigenvalue weighted by atomic mass is 32.1. The molecule has 0 saturated carbocycles. The molecule has 2 aromatic heterocycles. The second kappa shape index (κ2) is 7.20. The highest BCUT2D eigenvalue weighted by Crippen LogP contribution is 2.27. The molecular weight excluding hydrogens is 360 g/mol. The number of imidazole rings is 1. The summed E-state index contributed by atoms with van der Waals surface area (Å²) < 4.78 is 6.98. The third-order valence-corrected chi connectivity index (χ3v) is 5.13. The Morgan fingerprint density at radius 3 is 2.78 bits per heavy atom. The molecule has 0 aliphatic heterocycles. The van der Waals surface area contributed by atoms with Gasteiger partial charge < -0.3 is 10.1 Å². The number of anilines is 1. The number of benzene rings is 2. The van der Waals surface area contributed by atoms with Gasteiger partial charge in [-0.25, -0.2) is 9.50 Å². The third kappa shape index (κ3) is 3.54. The molecule has 7 heteroatoms. The van der Waals surface area contributed by atoms with Crippen molar-refractivity contribution in [1.82, 2.24) is 14.6 Å². The van der Waals surface area contributed by atoms with Crippen molar-refractivity contribution < 1.29 is 9.53 Å². The Bertz CT molecular complexity index is 1100. The molecule has 2 heterocycles. The zero-order valence-electron chi connectivity index (χ0n) is 15.0. The van der Waals surface area contributed by atoms with Gasteiger partial charge in [-0.05, 0) is 30.7 Å². The van der Waals surface area contributed by atoms with Gasteiger partial charge in [0, 0.05) is 17.7 Å². The number of methoxy groups -OCH3 is 1. The van der Waals surface area contributed by atoms with E-state index in [4.69, 9.17) is 4.74 Å². The van der Waals surface area contributed by atoms with Crippen molar-refractivity contribution in [2.24, 2.45) is 0 Å². The summed E-state index contributed by atoms with van der Waals surface area (Å²) in [7, 11) is 1.66. The second-order valence-corrected chi connectivity index (χ2v) is 7.04. The van der Waals surface area contributed by atoms with Crippen LogP contribution in [-0.4, -0.2) is 27.5 Å². The van der Waals surface area contributed by atoms with Crippen LogP contribution in [0.25, 0.3) is 16.2 Å².